The van der Waals surface area contributed by atoms with Crippen LogP contribution in [0.1, 0.15) is 19.3 Å². The summed E-state index contributed by atoms with van der Waals surface area (Å²) in [6.07, 6.45) is 7.23. The van der Waals surface area contributed by atoms with Crippen molar-refractivity contribution >= 4 is 23.4 Å². The number of hydrogen-bond donors (Lipinski definition) is 3. The van der Waals surface area contributed by atoms with E-state index in [4.69, 9.17) is 4.74 Å². The maximum Gasteiger partial charge on any atom is 0.234 e. The first-order valence-electron chi connectivity index (χ1n) is 11.9. The fourth-order valence-corrected chi connectivity index (χ4v) is 4.22. The average molecular weight is 478 g/mol. The number of benzene rings is 1. The van der Waals surface area contributed by atoms with Crippen molar-refractivity contribution in [2.75, 3.05) is 43.4 Å². The highest BCUT2D eigenvalue weighted by Gasteiger charge is 2.23. The highest BCUT2D eigenvalue weighted by atomic mass is 19.1. The minimum absolute atomic E-state index is 0.00328. The number of rotatable bonds is 0. The first-order valence-corrected chi connectivity index (χ1v) is 11.9. The van der Waals surface area contributed by atoms with Crippen molar-refractivity contribution < 1.29 is 13.9 Å². The summed E-state index contributed by atoms with van der Waals surface area (Å²) in [5.41, 5.74) is 1.96. The van der Waals surface area contributed by atoms with Crippen molar-refractivity contribution in [1.29, 1.82) is 0 Å². The Hall–Kier alpha value is -3.79. The van der Waals surface area contributed by atoms with Crippen LogP contribution < -0.4 is 20.7 Å². The van der Waals surface area contributed by atoms with E-state index in [2.05, 4.69) is 35.8 Å². The smallest absolute Gasteiger partial charge is 0.234 e. The number of halogens is 1. The molecule has 8 rings (SSSR count). The van der Waals surface area contributed by atoms with Crippen molar-refractivity contribution in [1.82, 2.24) is 25.2 Å². The van der Waals surface area contributed by atoms with E-state index >= 15 is 4.39 Å². The molecule has 7 heterocycles. The van der Waals surface area contributed by atoms with Gasteiger partial charge in [0.05, 0.1) is 12.2 Å². The van der Waals surface area contributed by atoms with Gasteiger partial charge in [-0.05, 0) is 49.1 Å². The number of aromatic nitrogens is 3. The predicted octanol–water partition coefficient (Wildman–Crippen LogP) is 3.20. The van der Waals surface area contributed by atoms with Gasteiger partial charge in [-0.3, -0.25) is 9.69 Å². The van der Waals surface area contributed by atoms with Crippen LogP contribution in [0.15, 0.2) is 48.9 Å². The van der Waals surface area contributed by atoms with Gasteiger partial charge in [-0.2, -0.15) is 0 Å². The maximum absolute atomic E-state index is 15.3. The Balaban J connectivity index is 1.39. The zero-order valence-electron chi connectivity index (χ0n) is 19.3. The predicted molar refractivity (Wildman–Crippen MR) is 131 cm³/mol. The molecule has 2 aromatic heterocycles. The minimum atomic E-state index is -0.460. The Morgan fingerprint density at radius 3 is 2.63 bits per heavy atom. The zero-order chi connectivity index (χ0) is 24.0. The quantitative estimate of drug-likeness (QED) is 0.454. The van der Waals surface area contributed by atoms with E-state index in [1.807, 2.05) is 12.1 Å². The molecule has 0 radical (unpaired) electrons. The molecule has 0 atom stereocenters. The van der Waals surface area contributed by atoms with Gasteiger partial charge in [0.25, 0.3) is 0 Å². The van der Waals surface area contributed by atoms with Crippen LogP contribution in [0.2, 0.25) is 0 Å². The van der Waals surface area contributed by atoms with Gasteiger partial charge in [-0.15, -0.1) is 0 Å². The van der Waals surface area contributed by atoms with Crippen LogP contribution >= 0.6 is 0 Å². The van der Waals surface area contributed by atoms with Crippen molar-refractivity contribution in [3.8, 4) is 16.9 Å². The number of nitrogens with one attached hydrogen (secondary N) is 3. The summed E-state index contributed by atoms with van der Waals surface area (Å²) in [5, 5.41) is 9.20. The van der Waals surface area contributed by atoms with Gasteiger partial charge in [-0.1, -0.05) is 6.07 Å². The summed E-state index contributed by atoms with van der Waals surface area (Å²) in [6.45, 7) is 3.03. The Labute approximate surface area is 203 Å². The van der Waals surface area contributed by atoms with E-state index in [1.54, 1.807) is 36.8 Å². The summed E-state index contributed by atoms with van der Waals surface area (Å²) in [7, 11) is 0. The van der Waals surface area contributed by atoms with Crippen LogP contribution in [-0.4, -0.2) is 64.6 Å². The summed E-state index contributed by atoms with van der Waals surface area (Å²) in [6, 6.07) is 8.72. The monoisotopic (exact) mass is 477 g/mol. The van der Waals surface area contributed by atoms with Gasteiger partial charge in [0.2, 0.25) is 11.9 Å². The molecule has 10 heteroatoms. The molecular formula is C25H28FN7O2. The molecule has 1 fully saturated rings. The molecule has 0 saturated carbocycles. The molecule has 1 amide bonds. The summed E-state index contributed by atoms with van der Waals surface area (Å²) in [5.74, 6) is 0.775. The third-order valence-corrected chi connectivity index (χ3v) is 6.13. The van der Waals surface area contributed by atoms with E-state index in [0.29, 0.717) is 31.4 Å². The first-order chi connectivity index (χ1) is 17.1. The molecule has 182 valence electrons. The lowest BCUT2D eigenvalue weighted by Gasteiger charge is -2.31. The second kappa shape index (κ2) is 10.6. The topological polar surface area (TPSA) is 104 Å². The average Bonchev–Trinajstić information content (AvgIpc) is 2.87. The minimum Gasteiger partial charge on any atom is -0.487 e. The standard InChI is InChI=1S/C25H28FN7O2/c26-24-20-3-1-4-21(24)35-19-6-11-33(12-7-19)16-23(34)28-8-2-9-29-25-30-14-18(15-31-25)17-5-10-27-22(13-17)32-20/h1,3-5,10,13-15,19H,2,6-9,11-12,16H2,(H,27,32)(H,28,34)(H,29,30,31). The molecule has 0 spiro atoms. The molecule has 5 aliphatic heterocycles. The molecule has 5 aliphatic rings. The molecule has 3 aromatic rings. The highest BCUT2D eigenvalue weighted by Crippen LogP contribution is 2.30. The first kappa shape index (κ1) is 23.0. The molecule has 1 saturated heterocycles. The largest absolute Gasteiger partial charge is 0.487 e. The van der Waals surface area contributed by atoms with Crippen LogP contribution in [0.5, 0.6) is 5.75 Å². The Morgan fingerprint density at radius 2 is 1.80 bits per heavy atom. The number of pyridine rings is 1. The van der Waals surface area contributed by atoms with Gasteiger partial charge in [0.1, 0.15) is 11.9 Å². The fraction of sp³-hybridized carbons (Fsp3) is 0.360. The molecule has 8 bridgehead atoms. The third-order valence-electron chi connectivity index (χ3n) is 6.13. The Kier molecular flexibility index (Phi) is 6.99. The molecular weight excluding hydrogens is 449 g/mol. The SMILES string of the molecule is O=C1CN2CCC(CC2)Oc2cccc(c2F)Nc2cc(ccn2)-c2cnc(nc2)NCCCN1. The van der Waals surface area contributed by atoms with E-state index in [-0.39, 0.29) is 23.4 Å². The lowest BCUT2D eigenvalue weighted by atomic mass is 10.1. The number of anilines is 3. The van der Waals surface area contributed by atoms with Crippen LogP contribution in [0.4, 0.5) is 21.8 Å². The second-order valence-corrected chi connectivity index (χ2v) is 8.69. The molecule has 35 heavy (non-hydrogen) atoms. The van der Waals surface area contributed by atoms with Crippen LogP contribution in [0.3, 0.4) is 0 Å². The van der Waals surface area contributed by atoms with Crippen molar-refractivity contribution in [2.24, 2.45) is 0 Å². The van der Waals surface area contributed by atoms with Crippen molar-refractivity contribution in [3.05, 3.63) is 54.7 Å². The van der Waals surface area contributed by atoms with Crippen LogP contribution in [0.25, 0.3) is 11.1 Å². The zero-order valence-corrected chi connectivity index (χ0v) is 19.3. The van der Waals surface area contributed by atoms with Crippen LogP contribution in [0, 0.1) is 5.82 Å². The fourth-order valence-electron chi connectivity index (χ4n) is 4.22. The lowest BCUT2D eigenvalue weighted by Crippen LogP contribution is -2.44. The Morgan fingerprint density at radius 1 is 1.00 bits per heavy atom. The van der Waals surface area contributed by atoms with E-state index in [1.165, 1.54) is 0 Å². The maximum atomic E-state index is 15.3. The van der Waals surface area contributed by atoms with Gasteiger partial charge < -0.3 is 20.7 Å². The third kappa shape index (κ3) is 5.83. The number of ether oxygens (including phenoxy) is 1. The van der Waals surface area contributed by atoms with Gasteiger partial charge >= 0.3 is 0 Å². The Bertz CT molecular complexity index is 1170. The number of piperidine rings is 1. The lowest BCUT2D eigenvalue weighted by molar-refractivity contribution is -0.122. The van der Waals surface area contributed by atoms with Gasteiger partial charge in [-0.25, -0.2) is 19.3 Å². The molecule has 1 aromatic carbocycles. The normalized spacial score (nSPS) is 20.8. The van der Waals surface area contributed by atoms with E-state index in [0.717, 1.165) is 43.5 Å². The molecule has 0 aliphatic carbocycles. The van der Waals surface area contributed by atoms with Gasteiger partial charge in [0.15, 0.2) is 11.6 Å². The van der Waals surface area contributed by atoms with Crippen molar-refractivity contribution in [3.63, 3.8) is 0 Å². The van der Waals surface area contributed by atoms with E-state index in [9.17, 15) is 4.79 Å². The van der Waals surface area contributed by atoms with E-state index < -0.39 is 5.82 Å². The van der Waals surface area contributed by atoms with Crippen molar-refractivity contribution in [2.45, 2.75) is 25.4 Å². The summed E-state index contributed by atoms with van der Waals surface area (Å²) in [4.78, 5) is 27.5. The number of carbonyl (C=O) groups is 1. The molecule has 0 unspecified atom stereocenters. The van der Waals surface area contributed by atoms with Crippen LogP contribution in [-0.2, 0) is 4.79 Å². The molecule has 9 nitrogen and oxygen atoms in total. The molecule has 3 N–H and O–H groups in total. The second-order valence-electron chi connectivity index (χ2n) is 8.69. The summed E-state index contributed by atoms with van der Waals surface area (Å²) >= 11 is 0. The summed E-state index contributed by atoms with van der Waals surface area (Å²) < 4.78 is 21.3. The number of nitrogens with zero attached hydrogens (tertiary/aromatic N) is 4. The number of hydrogen-bond acceptors (Lipinski definition) is 8. The highest BCUT2D eigenvalue weighted by molar-refractivity contribution is 5.78. The van der Waals surface area contributed by atoms with Gasteiger partial charge in [0, 0.05) is 50.3 Å². The number of carbonyl (C=O) groups excluding carboxylic acids is 1. The number of amides is 1.